The summed E-state index contributed by atoms with van der Waals surface area (Å²) in [5.74, 6) is -0.226. The van der Waals surface area contributed by atoms with E-state index in [0.29, 0.717) is 28.7 Å². The summed E-state index contributed by atoms with van der Waals surface area (Å²) in [7, 11) is -3.69. The van der Waals surface area contributed by atoms with Gasteiger partial charge in [0.15, 0.2) is 0 Å². The van der Waals surface area contributed by atoms with Crippen molar-refractivity contribution in [1.82, 2.24) is 19.9 Å². The molecule has 0 aliphatic carbocycles. The van der Waals surface area contributed by atoms with Crippen LogP contribution in [-0.4, -0.2) is 52.7 Å². The Morgan fingerprint density at radius 2 is 1.86 bits per heavy atom. The van der Waals surface area contributed by atoms with Crippen molar-refractivity contribution in [2.24, 2.45) is 0 Å². The van der Waals surface area contributed by atoms with Gasteiger partial charge in [-0.05, 0) is 61.4 Å². The molecule has 1 fully saturated rings. The maximum Gasteiger partial charge on any atom is 0.229 e. The second-order valence-electron chi connectivity index (χ2n) is 8.91. The summed E-state index contributed by atoms with van der Waals surface area (Å²) in [6, 6.07) is 18.1. The zero-order valence-electron chi connectivity index (χ0n) is 20.0. The monoisotopic (exact) mass is 555 g/mol. The molecule has 3 heterocycles. The third-order valence-electron chi connectivity index (χ3n) is 6.48. The van der Waals surface area contributed by atoms with E-state index in [-0.39, 0.29) is 22.6 Å². The zero-order valence-corrected chi connectivity index (χ0v) is 22.3. The van der Waals surface area contributed by atoms with Gasteiger partial charge in [-0.1, -0.05) is 35.0 Å². The molecule has 1 saturated heterocycles. The van der Waals surface area contributed by atoms with Crippen molar-refractivity contribution in [1.29, 1.82) is 0 Å². The van der Waals surface area contributed by atoms with E-state index < -0.39 is 15.2 Å². The molecule has 0 bridgehead atoms. The zero-order chi connectivity index (χ0) is 26.0. The molecule has 4 aromatic rings. The topological polar surface area (TPSA) is 97.2 Å². The Morgan fingerprint density at radius 3 is 2.59 bits per heavy atom. The number of halogens is 1. The van der Waals surface area contributed by atoms with Crippen LogP contribution in [0, 0.1) is 0 Å². The molecule has 8 nitrogen and oxygen atoms in total. The highest BCUT2D eigenvalue weighted by Crippen LogP contribution is 2.32. The maximum absolute atomic E-state index is 13.5. The van der Waals surface area contributed by atoms with Crippen LogP contribution in [0.5, 0.6) is 0 Å². The number of piperidine rings is 1. The lowest BCUT2D eigenvalue weighted by atomic mass is 10.0. The van der Waals surface area contributed by atoms with E-state index in [2.05, 4.69) is 22.2 Å². The predicted octanol–water partition coefficient (Wildman–Crippen LogP) is 4.95. The Hall–Kier alpha value is -3.05. The van der Waals surface area contributed by atoms with Gasteiger partial charge in [0.1, 0.15) is 15.1 Å². The largest absolute Gasteiger partial charge is 0.326 e. The number of carbonyl (C=O) groups is 1. The molecule has 5 rings (SSSR count). The van der Waals surface area contributed by atoms with E-state index in [1.54, 1.807) is 36.4 Å². The first kappa shape index (κ1) is 25.6. The molecule has 2 aromatic heterocycles. The molecule has 0 spiro atoms. The van der Waals surface area contributed by atoms with Gasteiger partial charge in [0.25, 0.3) is 0 Å². The van der Waals surface area contributed by atoms with Crippen molar-refractivity contribution in [3.05, 3.63) is 83.2 Å². The van der Waals surface area contributed by atoms with Gasteiger partial charge in [0.05, 0.1) is 18.0 Å². The number of hydrogen-bond acceptors (Lipinski definition) is 7. The number of rotatable bonds is 8. The van der Waals surface area contributed by atoms with Crippen LogP contribution in [0.4, 0.5) is 5.69 Å². The van der Waals surface area contributed by atoms with E-state index >= 15 is 0 Å². The van der Waals surface area contributed by atoms with Crippen molar-refractivity contribution < 1.29 is 13.2 Å². The Kier molecular flexibility index (Phi) is 7.43. The second kappa shape index (κ2) is 10.7. The summed E-state index contributed by atoms with van der Waals surface area (Å²) in [5, 5.41) is 11.1. The average molecular weight is 556 g/mol. The molecule has 1 unspecified atom stereocenters. The molecule has 1 aliphatic heterocycles. The number of para-hydroxylation sites is 1. The van der Waals surface area contributed by atoms with Gasteiger partial charge in [-0.2, -0.15) is 0 Å². The first-order valence-corrected chi connectivity index (χ1v) is 14.6. The fourth-order valence-electron chi connectivity index (χ4n) is 4.64. The van der Waals surface area contributed by atoms with Crippen molar-refractivity contribution in [2.75, 3.05) is 18.4 Å². The van der Waals surface area contributed by atoms with Crippen LogP contribution in [0.15, 0.2) is 77.5 Å². The average Bonchev–Trinajstić information content (AvgIpc) is 3.54. The predicted molar refractivity (Wildman–Crippen MR) is 147 cm³/mol. The van der Waals surface area contributed by atoms with Crippen LogP contribution in [0.3, 0.4) is 0 Å². The third kappa shape index (κ3) is 5.47. The van der Waals surface area contributed by atoms with Crippen LogP contribution in [-0.2, 0) is 21.1 Å². The number of nitrogens with one attached hydrogen (secondary N) is 1. The van der Waals surface area contributed by atoms with E-state index in [9.17, 15) is 13.2 Å². The molecule has 37 heavy (non-hydrogen) atoms. The summed E-state index contributed by atoms with van der Waals surface area (Å²) in [6.07, 6.45) is 3.09. The normalized spacial score (nSPS) is 16.0. The number of anilines is 1. The minimum atomic E-state index is -3.69. The number of likely N-dealkylation sites (tertiary alicyclic amines) is 1. The number of aromatic nitrogens is 3. The highest BCUT2D eigenvalue weighted by molar-refractivity contribution is 7.94. The first-order valence-electron chi connectivity index (χ1n) is 11.9. The Balaban J connectivity index is 1.23. The van der Waals surface area contributed by atoms with Gasteiger partial charge < -0.3 is 5.32 Å². The van der Waals surface area contributed by atoms with E-state index in [4.69, 9.17) is 11.6 Å². The van der Waals surface area contributed by atoms with Crippen LogP contribution < -0.4 is 5.32 Å². The molecule has 192 valence electrons. The van der Waals surface area contributed by atoms with Gasteiger partial charge in [-0.15, -0.1) is 23.0 Å². The maximum atomic E-state index is 13.5. The Morgan fingerprint density at radius 1 is 1.14 bits per heavy atom. The minimum Gasteiger partial charge on any atom is -0.326 e. The number of carbonyl (C=O) groups excluding carboxylic acids is 1. The van der Waals surface area contributed by atoms with E-state index in [1.807, 2.05) is 33.8 Å². The molecule has 1 amide bonds. The molecule has 2 aromatic carbocycles. The van der Waals surface area contributed by atoms with Crippen LogP contribution in [0.25, 0.3) is 11.0 Å². The smallest absolute Gasteiger partial charge is 0.229 e. The highest BCUT2D eigenvalue weighted by Gasteiger charge is 2.35. The summed E-state index contributed by atoms with van der Waals surface area (Å²) < 4.78 is 29.2. The summed E-state index contributed by atoms with van der Waals surface area (Å²) in [5.41, 5.74) is 2.47. The SMILES string of the molecule is C=CC(N1CCC(n2nnc3ccccc32)CC1)S(=O)(=O)c1ccc(CC(=O)Nc2ccc(Cl)cc2)s1. The Labute approximate surface area is 224 Å². The summed E-state index contributed by atoms with van der Waals surface area (Å²) >= 11 is 7.01. The lowest BCUT2D eigenvalue weighted by Crippen LogP contribution is -2.44. The summed E-state index contributed by atoms with van der Waals surface area (Å²) in [4.78, 5) is 15.1. The molecule has 1 atom stereocenters. The molecule has 0 saturated carbocycles. The fraction of sp³-hybridized carbons (Fsp3) is 0.269. The molecule has 1 aliphatic rings. The lowest BCUT2D eigenvalue weighted by molar-refractivity contribution is -0.115. The third-order valence-corrected chi connectivity index (χ3v) is 10.4. The number of thiophene rings is 1. The quantitative estimate of drug-likeness (QED) is 0.309. The summed E-state index contributed by atoms with van der Waals surface area (Å²) in [6.45, 7) is 5.02. The van der Waals surface area contributed by atoms with Crippen molar-refractivity contribution >= 4 is 55.4 Å². The van der Waals surface area contributed by atoms with Crippen LogP contribution >= 0.6 is 22.9 Å². The molecule has 11 heteroatoms. The first-order chi connectivity index (χ1) is 17.8. The van der Waals surface area contributed by atoms with Crippen LogP contribution in [0.2, 0.25) is 5.02 Å². The highest BCUT2D eigenvalue weighted by atomic mass is 35.5. The molecular weight excluding hydrogens is 530 g/mol. The van der Waals surface area contributed by atoms with Gasteiger partial charge >= 0.3 is 0 Å². The number of nitrogens with zero attached hydrogens (tertiary/aromatic N) is 4. The van der Waals surface area contributed by atoms with E-state index in [1.165, 1.54) is 6.08 Å². The van der Waals surface area contributed by atoms with E-state index in [0.717, 1.165) is 35.2 Å². The fourth-order valence-corrected chi connectivity index (χ4v) is 7.93. The standard InChI is InChI=1S/C26H26ClN5O3S2/c1-2-25(31-15-13-20(14-16-31)32-23-6-4-3-5-22(23)29-30-32)37(34,35)26-12-11-21(36-26)17-24(33)28-19-9-7-18(27)8-10-19/h2-12,20,25H,1,13-17H2,(H,28,33). The lowest BCUT2D eigenvalue weighted by Gasteiger charge is -2.35. The van der Waals surface area contributed by atoms with Crippen molar-refractivity contribution in [3.63, 3.8) is 0 Å². The molecular formula is C26H26ClN5O3S2. The number of hydrogen-bond donors (Lipinski definition) is 1. The molecule has 0 radical (unpaired) electrons. The number of benzene rings is 2. The number of fused-ring (bicyclic) bond motifs is 1. The van der Waals surface area contributed by atoms with Gasteiger partial charge in [0.2, 0.25) is 15.7 Å². The van der Waals surface area contributed by atoms with Crippen LogP contribution in [0.1, 0.15) is 23.8 Å². The van der Waals surface area contributed by atoms with Gasteiger partial charge in [0, 0.05) is 28.7 Å². The number of amides is 1. The van der Waals surface area contributed by atoms with Gasteiger partial charge in [-0.25, -0.2) is 13.1 Å². The number of sulfone groups is 1. The van der Waals surface area contributed by atoms with Crippen molar-refractivity contribution in [3.8, 4) is 0 Å². The minimum absolute atomic E-state index is 0.0822. The van der Waals surface area contributed by atoms with Gasteiger partial charge in [-0.3, -0.25) is 9.69 Å². The Bertz CT molecular complexity index is 1520. The molecule has 1 N–H and O–H groups in total. The van der Waals surface area contributed by atoms with Crippen molar-refractivity contribution in [2.45, 2.75) is 34.9 Å². The second-order valence-corrected chi connectivity index (χ2v) is 12.8.